The van der Waals surface area contributed by atoms with Crippen LogP contribution in [0.25, 0.3) is 0 Å². The van der Waals surface area contributed by atoms with E-state index >= 15 is 0 Å². The third-order valence-corrected chi connectivity index (χ3v) is 4.28. The maximum atomic E-state index is 12.4. The summed E-state index contributed by atoms with van der Waals surface area (Å²) in [5.74, 6) is 0.218. The summed E-state index contributed by atoms with van der Waals surface area (Å²) in [5, 5.41) is 3.26. The van der Waals surface area contributed by atoms with Gasteiger partial charge in [-0.1, -0.05) is 19.3 Å². The average Bonchev–Trinajstić information content (AvgIpc) is 2.93. The SMILES string of the molecule is COCOC1CN[C@@H](C(=O)N(C)C2CCCCC2)C1. The molecule has 19 heavy (non-hydrogen) atoms. The fraction of sp³-hybridized carbons (Fsp3) is 0.929. The first-order chi connectivity index (χ1) is 9.22. The lowest BCUT2D eigenvalue weighted by atomic mass is 9.94. The summed E-state index contributed by atoms with van der Waals surface area (Å²) in [6.07, 6.45) is 6.96. The van der Waals surface area contributed by atoms with E-state index in [9.17, 15) is 4.79 Å². The molecule has 2 aliphatic rings. The molecule has 1 saturated carbocycles. The molecular formula is C14H26N2O3. The predicted molar refractivity (Wildman–Crippen MR) is 72.8 cm³/mol. The smallest absolute Gasteiger partial charge is 0.239 e. The minimum absolute atomic E-state index is 0.0891. The molecule has 5 heteroatoms. The van der Waals surface area contributed by atoms with Crippen LogP contribution < -0.4 is 5.32 Å². The molecule has 0 aromatic heterocycles. The first-order valence-corrected chi connectivity index (χ1v) is 7.33. The second-order valence-corrected chi connectivity index (χ2v) is 5.63. The molecule has 0 radical (unpaired) electrons. The number of carbonyl (C=O) groups excluding carboxylic acids is 1. The Balaban J connectivity index is 1.79. The Kier molecular flexibility index (Phi) is 5.60. The monoisotopic (exact) mass is 270 g/mol. The summed E-state index contributed by atoms with van der Waals surface area (Å²) >= 11 is 0. The van der Waals surface area contributed by atoms with E-state index in [1.807, 2.05) is 11.9 Å². The molecule has 1 aliphatic heterocycles. The molecule has 0 spiro atoms. The highest BCUT2D eigenvalue weighted by molar-refractivity contribution is 5.82. The number of hydrogen-bond acceptors (Lipinski definition) is 4. The van der Waals surface area contributed by atoms with Crippen molar-refractivity contribution in [2.75, 3.05) is 27.5 Å². The Morgan fingerprint density at radius 2 is 2.05 bits per heavy atom. The average molecular weight is 270 g/mol. The highest BCUT2D eigenvalue weighted by Crippen LogP contribution is 2.23. The van der Waals surface area contributed by atoms with E-state index in [4.69, 9.17) is 9.47 Å². The summed E-state index contributed by atoms with van der Waals surface area (Å²) in [4.78, 5) is 14.4. The third-order valence-electron chi connectivity index (χ3n) is 4.28. The number of nitrogens with one attached hydrogen (secondary N) is 1. The van der Waals surface area contributed by atoms with Crippen molar-refractivity contribution < 1.29 is 14.3 Å². The van der Waals surface area contributed by atoms with Crippen LogP contribution in [0.3, 0.4) is 0 Å². The van der Waals surface area contributed by atoms with Crippen molar-refractivity contribution >= 4 is 5.91 Å². The van der Waals surface area contributed by atoms with Crippen LogP contribution in [0, 0.1) is 0 Å². The maximum Gasteiger partial charge on any atom is 0.239 e. The Labute approximate surface area is 115 Å². The molecule has 0 bridgehead atoms. The van der Waals surface area contributed by atoms with Gasteiger partial charge < -0.3 is 19.7 Å². The zero-order valence-electron chi connectivity index (χ0n) is 12.1. The van der Waals surface area contributed by atoms with Crippen molar-refractivity contribution in [3.05, 3.63) is 0 Å². The summed E-state index contributed by atoms with van der Waals surface area (Å²) in [7, 11) is 3.56. The van der Waals surface area contributed by atoms with Crippen molar-refractivity contribution in [1.29, 1.82) is 0 Å². The van der Waals surface area contributed by atoms with Gasteiger partial charge in [-0.3, -0.25) is 4.79 Å². The van der Waals surface area contributed by atoms with Crippen molar-refractivity contribution in [3.63, 3.8) is 0 Å². The van der Waals surface area contributed by atoms with Gasteiger partial charge in [-0.15, -0.1) is 0 Å². The van der Waals surface area contributed by atoms with E-state index in [1.54, 1.807) is 7.11 Å². The van der Waals surface area contributed by atoms with Crippen molar-refractivity contribution in [2.24, 2.45) is 0 Å². The molecule has 1 aliphatic carbocycles. The van der Waals surface area contributed by atoms with Crippen molar-refractivity contribution in [2.45, 2.75) is 56.7 Å². The third kappa shape index (κ3) is 3.91. The van der Waals surface area contributed by atoms with Gasteiger partial charge in [0.2, 0.25) is 5.91 Å². The van der Waals surface area contributed by atoms with E-state index in [0.717, 1.165) is 25.8 Å². The number of hydrogen-bond donors (Lipinski definition) is 1. The molecule has 110 valence electrons. The normalized spacial score (nSPS) is 28.5. The molecule has 2 rings (SSSR count). The highest BCUT2D eigenvalue weighted by Gasteiger charge is 2.34. The number of methoxy groups -OCH3 is 1. The van der Waals surface area contributed by atoms with Gasteiger partial charge in [-0.2, -0.15) is 0 Å². The number of nitrogens with zero attached hydrogens (tertiary/aromatic N) is 1. The summed E-state index contributed by atoms with van der Waals surface area (Å²) < 4.78 is 10.4. The predicted octanol–water partition coefficient (Wildman–Crippen LogP) is 1.13. The van der Waals surface area contributed by atoms with Crippen LogP contribution in [-0.4, -0.2) is 56.5 Å². The number of ether oxygens (including phenoxy) is 2. The molecule has 1 saturated heterocycles. The molecule has 1 heterocycles. The van der Waals surface area contributed by atoms with Gasteiger partial charge in [-0.25, -0.2) is 0 Å². The minimum Gasteiger partial charge on any atom is -0.359 e. The van der Waals surface area contributed by atoms with E-state index < -0.39 is 0 Å². The van der Waals surface area contributed by atoms with Gasteiger partial charge in [-0.05, 0) is 19.3 Å². The van der Waals surface area contributed by atoms with Gasteiger partial charge in [0.05, 0.1) is 12.1 Å². The van der Waals surface area contributed by atoms with Crippen molar-refractivity contribution in [1.82, 2.24) is 10.2 Å². The summed E-state index contributed by atoms with van der Waals surface area (Å²) in [6.45, 7) is 1.03. The van der Waals surface area contributed by atoms with Crippen LogP contribution in [0.15, 0.2) is 0 Å². The minimum atomic E-state index is -0.0891. The van der Waals surface area contributed by atoms with Crippen LogP contribution in [0.2, 0.25) is 0 Å². The van der Waals surface area contributed by atoms with E-state index in [2.05, 4.69) is 5.32 Å². The van der Waals surface area contributed by atoms with E-state index in [1.165, 1.54) is 19.3 Å². The standard InChI is InChI=1S/C14H26N2O3/c1-16(11-6-4-3-5-7-11)14(17)13-8-12(9-15-13)19-10-18-2/h11-13,15H,3-10H2,1-2H3/t12?,13-/m1/s1. The Morgan fingerprint density at radius 1 is 1.32 bits per heavy atom. The zero-order chi connectivity index (χ0) is 13.7. The largest absolute Gasteiger partial charge is 0.359 e. The number of carbonyl (C=O) groups is 1. The van der Waals surface area contributed by atoms with Crippen LogP contribution in [0.4, 0.5) is 0 Å². The summed E-state index contributed by atoms with van der Waals surface area (Å²) in [5.41, 5.74) is 0. The van der Waals surface area contributed by atoms with Crippen LogP contribution in [0.5, 0.6) is 0 Å². The summed E-state index contributed by atoms with van der Waals surface area (Å²) in [6, 6.07) is 0.343. The molecule has 0 aromatic carbocycles. The Bertz CT molecular complexity index is 292. The molecule has 0 aromatic rings. The molecule has 1 N–H and O–H groups in total. The van der Waals surface area contributed by atoms with Gasteiger partial charge in [0.25, 0.3) is 0 Å². The molecule has 1 amide bonds. The van der Waals surface area contributed by atoms with Crippen molar-refractivity contribution in [3.8, 4) is 0 Å². The second-order valence-electron chi connectivity index (χ2n) is 5.63. The Morgan fingerprint density at radius 3 is 2.74 bits per heavy atom. The van der Waals surface area contributed by atoms with Gasteiger partial charge >= 0.3 is 0 Å². The molecule has 2 atom stereocenters. The number of rotatable bonds is 5. The highest BCUT2D eigenvalue weighted by atomic mass is 16.7. The fourth-order valence-electron chi connectivity index (χ4n) is 3.08. The van der Waals surface area contributed by atoms with Gasteiger partial charge in [0.15, 0.2) is 0 Å². The maximum absolute atomic E-state index is 12.4. The first kappa shape index (κ1) is 14.8. The molecule has 5 nitrogen and oxygen atoms in total. The van der Waals surface area contributed by atoms with Crippen LogP contribution in [0.1, 0.15) is 38.5 Å². The first-order valence-electron chi connectivity index (χ1n) is 7.33. The lowest BCUT2D eigenvalue weighted by molar-refractivity contribution is -0.135. The number of likely N-dealkylation sites (N-methyl/N-ethyl adjacent to an activating group) is 1. The molecule has 2 fully saturated rings. The van der Waals surface area contributed by atoms with Gasteiger partial charge in [0.1, 0.15) is 6.79 Å². The number of amides is 1. The lowest BCUT2D eigenvalue weighted by Gasteiger charge is -2.32. The second kappa shape index (κ2) is 7.22. The topological polar surface area (TPSA) is 50.8 Å². The fourth-order valence-corrected chi connectivity index (χ4v) is 3.08. The van der Waals surface area contributed by atoms with Crippen LogP contribution >= 0.6 is 0 Å². The van der Waals surface area contributed by atoms with E-state index in [-0.39, 0.29) is 18.1 Å². The van der Waals surface area contributed by atoms with E-state index in [0.29, 0.717) is 12.8 Å². The lowest BCUT2D eigenvalue weighted by Crippen LogP contribution is -2.46. The molecule has 1 unspecified atom stereocenters. The van der Waals surface area contributed by atoms with Gasteiger partial charge in [0, 0.05) is 26.7 Å². The zero-order valence-corrected chi connectivity index (χ0v) is 12.1. The van der Waals surface area contributed by atoms with Crippen LogP contribution in [-0.2, 0) is 14.3 Å². The Hall–Kier alpha value is -0.650. The quantitative estimate of drug-likeness (QED) is 0.761. The molecular weight excluding hydrogens is 244 g/mol.